The molecule has 0 saturated heterocycles. The third kappa shape index (κ3) is 4.39. The summed E-state index contributed by atoms with van der Waals surface area (Å²) in [5, 5.41) is 16.4. The van der Waals surface area contributed by atoms with Crippen LogP contribution in [0, 0.1) is 11.7 Å². The predicted octanol–water partition coefficient (Wildman–Crippen LogP) is 2.60. The minimum Gasteiger partial charge on any atom is -0.480 e. The highest BCUT2D eigenvalue weighted by molar-refractivity contribution is 5.73. The van der Waals surface area contributed by atoms with Gasteiger partial charge in [0.2, 0.25) is 0 Å². The summed E-state index contributed by atoms with van der Waals surface area (Å²) in [5.74, 6) is -0.842. The maximum absolute atomic E-state index is 12.9. The summed E-state index contributed by atoms with van der Waals surface area (Å²) < 4.78 is 14.5. The van der Waals surface area contributed by atoms with Gasteiger partial charge in [0.1, 0.15) is 11.9 Å². The van der Waals surface area contributed by atoms with Crippen LogP contribution in [0.5, 0.6) is 0 Å². The molecule has 0 spiro atoms. The molecular formula is C16H20FN3O2. The van der Waals surface area contributed by atoms with E-state index in [1.807, 2.05) is 13.8 Å². The van der Waals surface area contributed by atoms with Crippen LogP contribution in [-0.4, -0.2) is 26.9 Å². The summed E-state index contributed by atoms with van der Waals surface area (Å²) in [4.78, 5) is 11.2. The Kier molecular flexibility index (Phi) is 5.27. The van der Waals surface area contributed by atoms with Crippen molar-refractivity contribution in [1.82, 2.24) is 15.1 Å². The second-order valence-corrected chi connectivity index (χ2v) is 5.67. The molecule has 2 rings (SSSR count). The summed E-state index contributed by atoms with van der Waals surface area (Å²) in [6.07, 6.45) is 4.04. The molecule has 0 bridgehead atoms. The molecule has 1 atom stereocenters. The molecular weight excluding hydrogens is 285 g/mol. The molecule has 0 aliphatic carbocycles. The number of rotatable bonds is 7. The Bertz CT molecular complexity index is 623. The number of hydrogen-bond donors (Lipinski definition) is 2. The fraction of sp³-hybridized carbons (Fsp3) is 0.375. The van der Waals surface area contributed by atoms with Gasteiger partial charge in [-0.25, -0.2) is 9.07 Å². The van der Waals surface area contributed by atoms with Gasteiger partial charge in [0.05, 0.1) is 11.9 Å². The lowest BCUT2D eigenvalue weighted by molar-refractivity contribution is -0.140. The van der Waals surface area contributed by atoms with Gasteiger partial charge in [-0.15, -0.1) is 0 Å². The van der Waals surface area contributed by atoms with Crippen molar-refractivity contribution in [3.63, 3.8) is 0 Å². The third-order valence-electron chi connectivity index (χ3n) is 3.29. The second-order valence-electron chi connectivity index (χ2n) is 5.67. The zero-order valence-corrected chi connectivity index (χ0v) is 12.7. The maximum Gasteiger partial charge on any atom is 0.320 e. The van der Waals surface area contributed by atoms with Crippen LogP contribution in [0.2, 0.25) is 0 Å². The van der Waals surface area contributed by atoms with Crippen molar-refractivity contribution in [1.29, 1.82) is 0 Å². The molecule has 0 aliphatic heterocycles. The molecule has 5 nitrogen and oxygen atoms in total. The maximum atomic E-state index is 12.9. The lowest BCUT2D eigenvalue weighted by Crippen LogP contribution is -2.37. The first kappa shape index (κ1) is 16.2. The van der Waals surface area contributed by atoms with E-state index in [2.05, 4.69) is 10.4 Å². The summed E-state index contributed by atoms with van der Waals surface area (Å²) in [6.45, 7) is 4.40. The van der Waals surface area contributed by atoms with Crippen LogP contribution < -0.4 is 5.32 Å². The Labute approximate surface area is 128 Å². The lowest BCUT2D eigenvalue weighted by atomic mass is 10.0. The molecule has 22 heavy (non-hydrogen) atoms. The van der Waals surface area contributed by atoms with E-state index in [1.165, 1.54) is 12.1 Å². The first-order valence-electron chi connectivity index (χ1n) is 7.21. The van der Waals surface area contributed by atoms with E-state index >= 15 is 0 Å². The van der Waals surface area contributed by atoms with Gasteiger partial charge in [-0.1, -0.05) is 13.8 Å². The zero-order valence-electron chi connectivity index (χ0n) is 12.7. The number of carboxylic acid groups (broad SMARTS) is 1. The van der Waals surface area contributed by atoms with E-state index in [0.717, 1.165) is 11.3 Å². The summed E-state index contributed by atoms with van der Waals surface area (Å²) in [7, 11) is 0. The van der Waals surface area contributed by atoms with Crippen molar-refractivity contribution in [2.75, 3.05) is 0 Å². The molecule has 0 amide bonds. The van der Waals surface area contributed by atoms with Crippen molar-refractivity contribution < 1.29 is 14.3 Å². The Morgan fingerprint density at radius 1 is 1.36 bits per heavy atom. The molecule has 0 fully saturated rings. The molecule has 2 aromatic rings. The number of nitrogens with one attached hydrogen (secondary N) is 1. The molecule has 1 aromatic carbocycles. The smallest absolute Gasteiger partial charge is 0.320 e. The Balaban J connectivity index is 1.99. The molecule has 118 valence electrons. The van der Waals surface area contributed by atoms with Crippen LogP contribution in [0.15, 0.2) is 36.7 Å². The van der Waals surface area contributed by atoms with E-state index in [1.54, 1.807) is 29.2 Å². The average Bonchev–Trinajstić information content (AvgIpc) is 2.92. The molecule has 1 aromatic heterocycles. The highest BCUT2D eigenvalue weighted by Crippen LogP contribution is 2.10. The molecule has 0 aliphatic rings. The summed E-state index contributed by atoms with van der Waals surface area (Å²) in [6, 6.07) is 5.45. The number of halogens is 1. The van der Waals surface area contributed by atoms with E-state index in [4.69, 9.17) is 0 Å². The number of hydrogen-bond acceptors (Lipinski definition) is 3. The zero-order chi connectivity index (χ0) is 16.1. The van der Waals surface area contributed by atoms with Crippen molar-refractivity contribution in [3.8, 4) is 5.69 Å². The molecule has 1 unspecified atom stereocenters. The highest BCUT2D eigenvalue weighted by atomic mass is 19.1. The van der Waals surface area contributed by atoms with Crippen molar-refractivity contribution in [2.24, 2.45) is 5.92 Å². The van der Waals surface area contributed by atoms with Crippen LogP contribution in [0.1, 0.15) is 25.8 Å². The van der Waals surface area contributed by atoms with E-state index in [-0.39, 0.29) is 5.82 Å². The van der Waals surface area contributed by atoms with E-state index in [9.17, 15) is 14.3 Å². The largest absolute Gasteiger partial charge is 0.480 e. The third-order valence-corrected chi connectivity index (χ3v) is 3.29. The summed E-state index contributed by atoms with van der Waals surface area (Å²) in [5.41, 5.74) is 1.63. The van der Waals surface area contributed by atoms with Crippen LogP contribution in [0.3, 0.4) is 0 Å². The van der Waals surface area contributed by atoms with Gasteiger partial charge in [0, 0.05) is 18.3 Å². The second kappa shape index (κ2) is 7.17. The minimum absolute atomic E-state index is 0.296. The van der Waals surface area contributed by atoms with Crippen LogP contribution in [0.4, 0.5) is 4.39 Å². The first-order valence-corrected chi connectivity index (χ1v) is 7.21. The Morgan fingerprint density at radius 2 is 2.05 bits per heavy atom. The Hall–Kier alpha value is -2.21. The molecule has 0 radical (unpaired) electrons. The van der Waals surface area contributed by atoms with E-state index in [0.29, 0.717) is 18.9 Å². The van der Waals surface area contributed by atoms with Crippen LogP contribution in [-0.2, 0) is 11.3 Å². The fourth-order valence-corrected chi connectivity index (χ4v) is 2.17. The quantitative estimate of drug-likeness (QED) is 0.825. The van der Waals surface area contributed by atoms with Crippen molar-refractivity contribution in [3.05, 3.63) is 48.0 Å². The fourth-order valence-electron chi connectivity index (χ4n) is 2.17. The molecule has 0 saturated carbocycles. The van der Waals surface area contributed by atoms with Gasteiger partial charge in [0.25, 0.3) is 0 Å². The van der Waals surface area contributed by atoms with Crippen LogP contribution >= 0.6 is 0 Å². The lowest BCUT2D eigenvalue weighted by Gasteiger charge is -2.15. The standard InChI is InChI=1S/C16H20FN3O2/c1-11(2)7-15(16(21)22)18-8-12-9-19-20(10-12)14-5-3-13(17)4-6-14/h3-6,9-11,15,18H,7-8H2,1-2H3,(H,21,22). The van der Waals surface area contributed by atoms with Gasteiger partial charge < -0.3 is 10.4 Å². The number of benzene rings is 1. The number of aromatic nitrogens is 2. The van der Waals surface area contributed by atoms with Crippen LogP contribution in [0.25, 0.3) is 5.69 Å². The molecule has 2 N–H and O–H groups in total. The average molecular weight is 305 g/mol. The number of carboxylic acids is 1. The monoisotopic (exact) mass is 305 g/mol. The van der Waals surface area contributed by atoms with Gasteiger partial charge in [0.15, 0.2) is 0 Å². The normalized spacial score (nSPS) is 12.5. The van der Waals surface area contributed by atoms with Gasteiger partial charge >= 0.3 is 5.97 Å². The predicted molar refractivity (Wildman–Crippen MR) is 81.2 cm³/mol. The highest BCUT2D eigenvalue weighted by Gasteiger charge is 2.18. The number of carbonyl (C=O) groups is 1. The van der Waals surface area contributed by atoms with Crippen molar-refractivity contribution >= 4 is 5.97 Å². The Morgan fingerprint density at radius 3 is 2.64 bits per heavy atom. The topological polar surface area (TPSA) is 67.2 Å². The van der Waals surface area contributed by atoms with Gasteiger partial charge in [-0.3, -0.25) is 4.79 Å². The molecule has 6 heteroatoms. The van der Waals surface area contributed by atoms with Gasteiger partial charge in [-0.2, -0.15) is 5.10 Å². The van der Waals surface area contributed by atoms with Gasteiger partial charge in [-0.05, 0) is 36.6 Å². The summed E-state index contributed by atoms with van der Waals surface area (Å²) >= 11 is 0. The minimum atomic E-state index is -0.848. The first-order chi connectivity index (χ1) is 10.5. The molecule has 1 heterocycles. The van der Waals surface area contributed by atoms with E-state index < -0.39 is 12.0 Å². The van der Waals surface area contributed by atoms with Crippen molar-refractivity contribution in [2.45, 2.75) is 32.9 Å². The SMILES string of the molecule is CC(C)CC(NCc1cnn(-c2ccc(F)cc2)c1)C(=O)O. The number of aliphatic carboxylic acids is 1. The number of nitrogens with zero attached hydrogens (tertiary/aromatic N) is 2.